The number of amidine groups is 1. The van der Waals surface area contributed by atoms with Crippen LogP contribution in [-0.4, -0.2) is 28.4 Å². The van der Waals surface area contributed by atoms with Crippen molar-refractivity contribution in [3.63, 3.8) is 0 Å². The number of rotatable bonds is 1. The quantitative estimate of drug-likeness (QED) is 0.800. The molecule has 0 spiro atoms. The maximum Gasteiger partial charge on any atom is 0.277 e. The number of carbonyl (C=O) groups excluding carboxylic acids is 1. The topological polar surface area (TPSA) is 54.4 Å². The number of nitrogens with zero attached hydrogens (tertiary/aromatic N) is 2. The molecule has 0 fully saturated rings. The number of pyridine rings is 1. The van der Waals surface area contributed by atoms with E-state index >= 15 is 0 Å². The lowest BCUT2D eigenvalue weighted by molar-refractivity contribution is 0.0973. The number of thioether (sulfide) groups is 1. The molecule has 1 N–H and O–H groups in total. The first-order chi connectivity index (χ1) is 7.66. The van der Waals surface area contributed by atoms with Gasteiger partial charge in [0.05, 0.1) is 11.6 Å². The van der Waals surface area contributed by atoms with Crippen LogP contribution in [0, 0.1) is 0 Å². The van der Waals surface area contributed by atoms with Crippen molar-refractivity contribution in [3.8, 4) is 0 Å². The summed E-state index contributed by atoms with van der Waals surface area (Å²) in [7, 11) is 0. The predicted molar refractivity (Wildman–Crippen MR) is 66.5 cm³/mol. The van der Waals surface area contributed by atoms with Gasteiger partial charge in [0.15, 0.2) is 5.17 Å². The zero-order chi connectivity index (χ0) is 11.5. The molecule has 2 rings (SSSR count). The molecule has 1 aromatic rings. The third kappa shape index (κ3) is 2.66. The van der Waals surface area contributed by atoms with Crippen molar-refractivity contribution >= 4 is 46.0 Å². The fraction of sp³-hybridized carbons (Fsp3) is 0.222. The van der Waals surface area contributed by atoms with Gasteiger partial charge >= 0.3 is 0 Å². The summed E-state index contributed by atoms with van der Waals surface area (Å²) in [5, 5.41) is 3.73. The highest BCUT2D eigenvalue weighted by Gasteiger charge is 2.16. The maximum atomic E-state index is 11.8. The van der Waals surface area contributed by atoms with Crippen molar-refractivity contribution in [2.75, 3.05) is 12.3 Å². The lowest BCUT2D eigenvalue weighted by Crippen LogP contribution is -2.28. The van der Waals surface area contributed by atoms with Crippen LogP contribution in [-0.2, 0) is 0 Å². The predicted octanol–water partition coefficient (Wildman–Crippen LogP) is 2.22. The Bertz CT molecular complexity index is 464. The minimum absolute atomic E-state index is 0.115. The molecule has 0 unspecified atom stereocenters. The molecule has 0 saturated carbocycles. The first-order valence-corrected chi connectivity index (χ1v) is 6.21. The van der Waals surface area contributed by atoms with Gasteiger partial charge in [-0.3, -0.25) is 15.1 Å². The van der Waals surface area contributed by atoms with Crippen LogP contribution in [0.2, 0.25) is 10.2 Å². The Morgan fingerprint density at radius 2 is 2.25 bits per heavy atom. The van der Waals surface area contributed by atoms with Gasteiger partial charge < -0.3 is 0 Å². The second-order valence-corrected chi connectivity index (χ2v) is 4.83. The molecule has 1 aromatic heterocycles. The standard InChI is InChI=1S/C9H7Cl2N3OS/c10-5-1-2-6(11)13-7(5)8(15)14-9-12-3-4-16-9/h1-2H,3-4H2,(H,12,14,15). The largest absolute Gasteiger partial charge is 0.300 e. The molecular weight excluding hydrogens is 269 g/mol. The van der Waals surface area contributed by atoms with Gasteiger partial charge in [0, 0.05) is 5.75 Å². The Morgan fingerprint density at radius 1 is 1.44 bits per heavy atom. The van der Waals surface area contributed by atoms with E-state index in [2.05, 4.69) is 15.3 Å². The van der Waals surface area contributed by atoms with E-state index in [9.17, 15) is 4.79 Å². The van der Waals surface area contributed by atoms with E-state index in [1.54, 1.807) is 0 Å². The van der Waals surface area contributed by atoms with Gasteiger partial charge in [-0.05, 0) is 12.1 Å². The van der Waals surface area contributed by atoms with Crippen LogP contribution in [0.4, 0.5) is 0 Å². The summed E-state index contributed by atoms with van der Waals surface area (Å²) in [4.78, 5) is 19.7. The lowest BCUT2D eigenvalue weighted by Gasteiger charge is -2.04. The minimum Gasteiger partial charge on any atom is -0.300 e. The third-order valence-electron chi connectivity index (χ3n) is 1.83. The van der Waals surface area contributed by atoms with Gasteiger partial charge in [0.1, 0.15) is 10.8 Å². The highest BCUT2D eigenvalue weighted by Crippen LogP contribution is 2.17. The molecule has 0 saturated heterocycles. The highest BCUT2D eigenvalue weighted by molar-refractivity contribution is 8.14. The summed E-state index contributed by atoms with van der Waals surface area (Å²) in [5.41, 5.74) is 0.115. The first kappa shape index (κ1) is 11.7. The summed E-state index contributed by atoms with van der Waals surface area (Å²) < 4.78 is 0. The second kappa shape index (κ2) is 5.03. The van der Waals surface area contributed by atoms with Crippen molar-refractivity contribution < 1.29 is 4.79 Å². The summed E-state index contributed by atoms with van der Waals surface area (Å²) in [5.74, 6) is 0.493. The van der Waals surface area contributed by atoms with E-state index in [1.165, 1.54) is 23.9 Å². The van der Waals surface area contributed by atoms with E-state index in [0.717, 1.165) is 12.3 Å². The van der Waals surface area contributed by atoms with E-state index in [4.69, 9.17) is 23.2 Å². The molecule has 0 atom stereocenters. The first-order valence-electron chi connectivity index (χ1n) is 4.47. The molecule has 0 bridgehead atoms. The van der Waals surface area contributed by atoms with Crippen LogP contribution >= 0.6 is 35.0 Å². The monoisotopic (exact) mass is 275 g/mol. The van der Waals surface area contributed by atoms with Crippen LogP contribution in [0.15, 0.2) is 17.1 Å². The van der Waals surface area contributed by atoms with E-state index in [1.807, 2.05) is 0 Å². The fourth-order valence-electron chi connectivity index (χ4n) is 1.14. The van der Waals surface area contributed by atoms with Gasteiger partial charge in [0.25, 0.3) is 5.91 Å². The lowest BCUT2D eigenvalue weighted by atomic mass is 10.3. The Kier molecular flexibility index (Phi) is 3.68. The number of amides is 1. The molecule has 4 nitrogen and oxygen atoms in total. The van der Waals surface area contributed by atoms with E-state index in [0.29, 0.717) is 5.17 Å². The molecule has 1 aliphatic rings. The van der Waals surface area contributed by atoms with Crippen molar-refractivity contribution in [3.05, 3.63) is 28.0 Å². The number of aliphatic imine (C=N–C) groups is 1. The fourth-order valence-corrected chi connectivity index (χ4v) is 2.21. The SMILES string of the molecule is O=C(NC1=NCCS1)c1nc(Cl)ccc1Cl. The number of hydrogen-bond donors (Lipinski definition) is 1. The molecule has 0 radical (unpaired) electrons. The van der Waals surface area contributed by atoms with Crippen LogP contribution in [0.25, 0.3) is 0 Å². The molecule has 0 aromatic carbocycles. The minimum atomic E-state index is -0.388. The number of carbonyl (C=O) groups is 1. The van der Waals surface area contributed by atoms with Crippen LogP contribution in [0.5, 0.6) is 0 Å². The van der Waals surface area contributed by atoms with Crippen molar-refractivity contribution in [2.45, 2.75) is 0 Å². The molecular formula is C9H7Cl2N3OS. The van der Waals surface area contributed by atoms with Crippen LogP contribution < -0.4 is 5.32 Å². The molecule has 1 aliphatic heterocycles. The summed E-state index contributed by atoms with van der Waals surface area (Å²) in [6.07, 6.45) is 0. The number of aromatic nitrogens is 1. The molecule has 84 valence electrons. The zero-order valence-corrected chi connectivity index (χ0v) is 10.4. The Balaban J connectivity index is 2.16. The molecule has 2 heterocycles. The zero-order valence-electron chi connectivity index (χ0n) is 8.04. The molecule has 16 heavy (non-hydrogen) atoms. The maximum absolute atomic E-state index is 11.8. The normalized spacial score (nSPS) is 14.8. The van der Waals surface area contributed by atoms with Gasteiger partial charge in [-0.25, -0.2) is 4.98 Å². The number of hydrogen-bond acceptors (Lipinski definition) is 4. The van der Waals surface area contributed by atoms with Crippen LogP contribution in [0.1, 0.15) is 10.5 Å². The Hall–Kier alpha value is -0.780. The summed E-state index contributed by atoms with van der Waals surface area (Å²) in [6.45, 7) is 0.719. The van der Waals surface area contributed by atoms with E-state index in [-0.39, 0.29) is 21.8 Å². The van der Waals surface area contributed by atoms with Gasteiger partial charge in [-0.15, -0.1) is 0 Å². The van der Waals surface area contributed by atoms with Crippen molar-refractivity contribution in [2.24, 2.45) is 4.99 Å². The Labute approximate surface area is 106 Å². The second-order valence-electron chi connectivity index (χ2n) is 2.95. The summed E-state index contributed by atoms with van der Waals surface area (Å²) >= 11 is 13.0. The van der Waals surface area contributed by atoms with Gasteiger partial charge in [0.2, 0.25) is 0 Å². The van der Waals surface area contributed by atoms with Crippen molar-refractivity contribution in [1.82, 2.24) is 10.3 Å². The molecule has 1 amide bonds. The van der Waals surface area contributed by atoms with Crippen LogP contribution in [0.3, 0.4) is 0 Å². The average Bonchev–Trinajstić information content (AvgIpc) is 2.74. The van der Waals surface area contributed by atoms with Gasteiger partial charge in [-0.2, -0.15) is 0 Å². The summed E-state index contributed by atoms with van der Waals surface area (Å²) in [6, 6.07) is 3.07. The highest BCUT2D eigenvalue weighted by atomic mass is 35.5. The third-order valence-corrected chi connectivity index (χ3v) is 3.24. The molecule has 7 heteroatoms. The average molecular weight is 276 g/mol. The molecule has 0 aliphatic carbocycles. The smallest absolute Gasteiger partial charge is 0.277 e. The number of nitrogens with one attached hydrogen (secondary N) is 1. The number of halogens is 2. The van der Waals surface area contributed by atoms with E-state index < -0.39 is 0 Å². The Morgan fingerprint density at radius 3 is 2.94 bits per heavy atom. The van der Waals surface area contributed by atoms with Gasteiger partial charge in [-0.1, -0.05) is 35.0 Å². The van der Waals surface area contributed by atoms with Crippen molar-refractivity contribution in [1.29, 1.82) is 0 Å².